The largest absolute Gasteiger partial charge is 0.394 e. The predicted molar refractivity (Wildman–Crippen MR) is 61.6 cm³/mol. The molecule has 0 atom stereocenters. The highest BCUT2D eigenvalue weighted by Gasteiger charge is 1.89. The zero-order valence-corrected chi connectivity index (χ0v) is 9.83. The van der Waals surface area contributed by atoms with Crippen molar-refractivity contribution in [1.29, 1.82) is 0 Å². The van der Waals surface area contributed by atoms with Crippen molar-refractivity contribution in [3.8, 4) is 0 Å². The fourth-order valence-electron chi connectivity index (χ4n) is 0.902. The first-order chi connectivity index (χ1) is 6.76. The Hall–Kier alpha value is -0.380. The molecule has 0 amide bonds. The number of rotatable bonds is 7. The molecule has 0 fully saturated rings. The highest BCUT2D eigenvalue weighted by molar-refractivity contribution is 4.63. The van der Waals surface area contributed by atoms with Gasteiger partial charge in [0, 0.05) is 0 Å². The Morgan fingerprint density at radius 3 is 1.93 bits per heavy atom. The molecular weight excluding hydrogens is 178 g/mol. The van der Waals surface area contributed by atoms with Crippen molar-refractivity contribution in [3.05, 3.63) is 12.7 Å². The van der Waals surface area contributed by atoms with E-state index in [1.165, 1.54) is 19.6 Å². The van der Waals surface area contributed by atoms with Gasteiger partial charge in [0.2, 0.25) is 0 Å². The van der Waals surface area contributed by atoms with Crippen LogP contribution in [0.2, 0.25) is 0 Å². The number of aliphatic hydroxyl groups excluding tert-OH is 1. The van der Waals surface area contributed by atoms with Gasteiger partial charge >= 0.3 is 0 Å². The smallest absolute Gasteiger partial charge is 0.0701 e. The first kappa shape index (κ1) is 16.1. The fourth-order valence-corrected chi connectivity index (χ4v) is 0.902. The number of aliphatic hydroxyl groups is 1. The molecule has 14 heavy (non-hydrogen) atoms. The van der Waals surface area contributed by atoms with E-state index in [0.29, 0.717) is 13.2 Å². The van der Waals surface area contributed by atoms with Crippen LogP contribution in [0.1, 0.15) is 20.8 Å². The van der Waals surface area contributed by atoms with Gasteiger partial charge in [0.25, 0.3) is 0 Å². The van der Waals surface area contributed by atoms with Gasteiger partial charge in [-0.3, -0.25) is 0 Å². The van der Waals surface area contributed by atoms with E-state index < -0.39 is 0 Å². The molecule has 0 radical (unpaired) electrons. The number of hydrogen-bond acceptors (Lipinski definition) is 3. The van der Waals surface area contributed by atoms with Gasteiger partial charge in [-0.15, -0.1) is 6.58 Å². The van der Waals surface area contributed by atoms with Crippen LogP contribution in [0.15, 0.2) is 12.7 Å². The van der Waals surface area contributed by atoms with Crippen molar-refractivity contribution >= 4 is 0 Å². The Labute approximate surface area is 88.4 Å². The van der Waals surface area contributed by atoms with E-state index in [2.05, 4.69) is 32.3 Å². The second kappa shape index (κ2) is 15.1. The minimum atomic E-state index is 0.0911. The summed E-state index contributed by atoms with van der Waals surface area (Å²) in [6.45, 7) is 14.6. The summed E-state index contributed by atoms with van der Waals surface area (Å²) in [6.07, 6.45) is 1.65. The maximum absolute atomic E-state index is 8.13. The minimum Gasteiger partial charge on any atom is -0.394 e. The molecule has 0 bridgehead atoms. The van der Waals surface area contributed by atoms with Gasteiger partial charge in [-0.2, -0.15) is 0 Å². The fraction of sp³-hybridized carbons (Fsp3) is 0.818. The molecule has 0 spiro atoms. The molecule has 0 rings (SSSR count). The number of hydrogen-bond donors (Lipinski definition) is 1. The van der Waals surface area contributed by atoms with Crippen LogP contribution >= 0.6 is 0 Å². The SMILES string of the molecule is C=CCOCCO.CCN(CC)CC. The Balaban J connectivity index is 0. The van der Waals surface area contributed by atoms with Gasteiger partial charge < -0.3 is 14.7 Å². The number of nitrogens with zero attached hydrogens (tertiary/aromatic N) is 1. The standard InChI is InChI=1S/C6H15N.C5H10O2/c1-4-7(5-2)6-3;1-2-4-7-5-3-6/h4-6H2,1-3H3;2,6H,1,3-5H2. The molecular formula is C11H25NO2. The summed E-state index contributed by atoms with van der Waals surface area (Å²) >= 11 is 0. The summed E-state index contributed by atoms with van der Waals surface area (Å²) in [5.41, 5.74) is 0. The van der Waals surface area contributed by atoms with Gasteiger partial charge in [0.15, 0.2) is 0 Å². The van der Waals surface area contributed by atoms with Gasteiger partial charge in [0.05, 0.1) is 19.8 Å². The van der Waals surface area contributed by atoms with Crippen molar-refractivity contribution in [1.82, 2.24) is 4.90 Å². The van der Waals surface area contributed by atoms with E-state index in [9.17, 15) is 0 Å². The third kappa shape index (κ3) is 14.2. The lowest BCUT2D eigenvalue weighted by atomic mass is 10.5. The van der Waals surface area contributed by atoms with E-state index in [1.807, 2.05) is 0 Å². The van der Waals surface area contributed by atoms with Crippen LogP contribution in [0.25, 0.3) is 0 Å². The minimum absolute atomic E-state index is 0.0911. The van der Waals surface area contributed by atoms with Gasteiger partial charge in [-0.1, -0.05) is 26.8 Å². The first-order valence-electron chi connectivity index (χ1n) is 5.28. The maximum atomic E-state index is 8.13. The van der Waals surface area contributed by atoms with Gasteiger partial charge in [-0.05, 0) is 19.6 Å². The van der Waals surface area contributed by atoms with Crippen LogP contribution in [-0.4, -0.2) is 49.5 Å². The van der Waals surface area contributed by atoms with E-state index >= 15 is 0 Å². The normalized spacial score (nSPS) is 9.50. The van der Waals surface area contributed by atoms with Gasteiger partial charge in [0.1, 0.15) is 0 Å². The average molecular weight is 203 g/mol. The summed E-state index contributed by atoms with van der Waals surface area (Å²) in [5.74, 6) is 0. The molecule has 3 nitrogen and oxygen atoms in total. The van der Waals surface area contributed by atoms with Crippen LogP contribution in [0.3, 0.4) is 0 Å². The topological polar surface area (TPSA) is 32.7 Å². The van der Waals surface area contributed by atoms with E-state index in [1.54, 1.807) is 6.08 Å². The molecule has 86 valence electrons. The predicted octanol–water partition coefficient (Wildman–Crippen LogP) is 1.53. The molecule has 0 saturated heterocycles. The molecule has 0 aliphatic carbocycles. The zero-order chi connectivity index (χ0) is 11.2. The summed E-state index contributed by atoms with van der Waals surface area (Å²) in [5, 5.41) is 8.13. The van der Waals surface area contributed by atoms with Crippen LogP contribution in [0, 0.1) is 0 Å². The molecule has 1 N–H and O–H groups in total. The molecule has 3 heteroatoms. The van der Waals surface area contributed by atoms with E-state index in [-0.39, 0.29) is 6.61 Å². The second-order valence-electron chi connectivity index (χ2n) is 2.71. The second-order valence-corrected chi connectivity index (χ2v) is 2.71. The lowest BCUT2D eigenvalue weighted by Crippen LogP contribution is -2.21. The summed E-state index contributed by atoms with van der Waals surface area (Å²) in [4.78, 5) is 2.38. The van der Waals surface area contributed by atoms with E-state index in [4.69, 9.17) is 9.84 Å². The molecule has 0 aliphatic rings. The van der Waals surface area contributed by atoms with Crippen LogP contribution < -0.4 is 0 Å². The van der Waals surface area contributed by atoms with Crippen LogP contribution in [0.5, 0.6) is 0 Å². The van der Waals surface area contributed by atoms with Crippen molar-refractivity contribution in [2.45, 2.75) is 20.8 Å². The first-order valence-corrected chi connectivity index (χ1v) is 5.28. The van der Waals surface area contributed by atoms with Crippen molar-refractivity contribution in [2.75, 3.05) is 39.5 Å². The number of ether oxygens (including phenoxy) is 1. The van der Waals surface area contributed by atoms with Crippen molar-refractivity contribution in [2.24, 2.45) is 0 Å². The lowest BCUT2D eigenvalue weighted by molar-refractivity contribution is 0.112. The Morgan fingerprint density at radius 1 is 1.21 bits per heavy atom. The highest BCUT2D eigenvalue weighted by Crippen LogP contribution is 1.81. The molecule has 0 heterocycles. The summed E-state index contributed by atoms with van der Waals surface area (Å²) < 4.78 is 4.76. The Bertz CT molecular complexity index is 98.0. The molecule has 0 unspecified atom stereocenters. The average Bonchev–Trinajstić information content (AvgIpc) is 2.22. The molecule has 0 saturated carbocycles. The third-order valence-electron chi connectivity index (χ3n) is 1.81. The quantitative estimate of drug-likeness (QED) is 0.503. The monoisotopic (exact) mass is 203 g/mol. The van der Waals surface area contributed by atoms with Gasteiger partial charge in [-0.25, -0.2) is 0 Å². The summed E-state index contributed by atoms with van der Waals surface area (Å²) in [6, 6.07) is 0. The molecule has 0 aromatic rings. The maximum Gasteiger partial charge on any atom is 0.0701 e. The Kier molecular flexibility index (Phi) is 17.3. The summed E-state index contributed by atoms with van der Waals surface area (Å²) in [7, 11) is 0. The van der Waals surface area contributed by atoms with E-state index in [0.717, 1.165) is 0 Å². The zero-order valence-electron chi connectivity index (χ0n) is 9.83. The Morgan fingerprint density at radius 2 is 1.71 bits per heavy atom. The molecule has 0 aliphatic heterocycles. The van der Waals surface area contributed by atoms with Crippen molar-refractivity contribution < 1.29 is 9.84 Å². The van der Waals surface area contributed by atoms with Crippen LogP contribution in [0.4, 0.5) is 0 Å². The van der Waals surface area contributed by atoms with Crippen molar-refractivity contribution in [3.63, 3.8) is 0 Å². The van der Waals surface area contributed by atoms with Crippen LogP contribution in [-0.2, 0) is 4.74 Å². The highest BCUT2D eigenvalue weighted by atomic mass is 16.5. The molecule has 0 aromatic carbocycles. The third-order valence-corrected chi connectivity index (χ3v) is 1.81. The molecule has 0 aromatic heterocycles. The lowest BCUT2D eigenvalue weighted by Gasteiger charge is -2.13.